The Labute approximate surface area is 86.6 Å². The normalized spacial score (nSPS) is 45.6. The molecular weight excluding hydrogens is 176 g/mol. The van der Waals surface area contributed by atoms with E-state index in [2.05, 4.69) is 18.7 Å². The third-order valence-corrected chi connectivity index (χ3v) is 3.81. The Hall–Kier alpha value is -0.120. The van der Waals surface area contributed by atoms with Crippen LogP contribution in [0.25, 0.3) is 0 Å². The van der Waals surface area contributed by atoms with Crippen LogP contribution in [0.5, 0.6) is 0 Å². The van der Waals surface area contributed by atoms with Gasteiger partial charge in [0.1, 0.15) is 0 Å². The first-order chi connectivity index (χ1) is 6.62. The van der Waals surface area contributed by atoms with Crippen LogP contribution in [0.1, 0.15) is 33.1 Å². The van der Waals surface area contributed by atoms with Gasteiger partial charge in [-0.25, -0.2) is 0 Å². The van der Waals surface area contributed by atoms with E-state index in [1.54, 1.807) is 0 Å². The van der Waals surface area contributed by atoms with E-state index in [1.165, 1.54) is 6.42 Å². The van der Waals surface area contributed by atoms with Crippen molar-refractivity contribution in [2.45, 2.75) is 50.7 Å². The van der Waals surface area contributed by atoms with E-state index in [4.69, 9.17) is 10.5 Å². The minimum absolute atomic E-state index is 0.277. The fourth-order valence-corrected chi connectivity index (χ4v) is 2.89. The zero-order chi connectivity index (χ0) is 10.2. The van der Waals surface area contributed by atoms with Crippen LogP contribution in [0.3, 0.4) is 0 Å². The smallest absolute Gasteiger partial charge is 0.0648 e. The van der Waals surface area contributed by atoms with Crippen LogP contribution in [0.2, 0.25) is 0 Å². The van der Waals surface area contributed by atoms with Crippen molar-refractivity contribution in [3.63, 3.8) is 0 Å². The molecule has 14 heavy (non-hydrogen) atoms. The molecule has 0 aromatic carbocycles. The highest BCUT2D eigenvalue weighted by Crippen LogP contribution is 2.31. The Morgan fingerprint density at radius 3 is 2.86 bits per heavy atom. The summed E-state index contributed by atoms with van der Waals surface area (Å²) in [4.78, 5) is 2.60. The minimum atomic E-state index is 0.277. The van der Waals surface area contributed by atoms with Crippen molar-refractivity contribution in [3.05, 3.63) is 0 Å². The molecule has 0 aromatic heterocycles. The van der Waals surface area contributed by atoms with Gasteiger partial charge in [0.2, 0.25) is 0 Å². The Morgan fingerprint density at radius 2 is 2.29 bits per heavy atom. The molecular formula is C11H22N2O. The predicted molar refractivity (Wildman–Crippen MR) is 57.2 cm³/mol. The van der Waals surface area contributed by atoms with Crippen molar-refractivity contribution in [1.82, 2.24) is 4.90 Å². The van der Waals surface area contributed by atoms with Crippen LogP contribution in [-0.2, 0) is 4.74 Å². The van der Waals surface area contributed by atoms with Crippen molar-refractivity contribution in [1.29, 1.82) is 0 Å². The number of ether oxygens (including phenoxy) is 1. The van der Waals surface area contributed by atoms with Crippen LogP contribution < -0.4 is 5.73 Å². The average Bonchev–Trinajstić information content (AvgIpc) is 2.52. The highest BCUT2D eigenvalue weighted by Gasteiger charge is 2.40. The summed E-state index contributed by atoms with van der Waals surface area (Å²) in [5, 5.41) is 0. The lowest BCUT2D eigenvalue weighted by molar-refractivity contribution is 0.0217. The molecule has 0 aliphatic carbocycles. The molecule has 2 fully saturated rings. The summed E-state index contributed by atoms with van der Waals surface area (Å²) < 4.78 is 5.52. The van der Waals surface area contributed by atoms with E-state index < -0.39 is 0 Å². The quantitative estimate of drug-likeness (QED) is 0.682. The lowest BCUT2D eigenvalue weighted by Gasteiger charge is -2.45. The Kier molecular flexibility index (Phi) is 2.82. The Morgan fingerprint density at radius 1 is 1.50 bits per heavy atom. The van der Waals surface area contributed by atoms with Gasteiger partial charge in [-0.15, -0.1) is 0 Å². The third-order valence-electron chi connectivity index (χ3n) is 3.81. The van der Waals surface area contributed by atoms with Gasteiger partial charge < -0.3 is 10.5 Å². The first kappa shape index (κ1) is 10.4. The van der Waals surface area contributed by atoms with Gasteiger partial charge in [0.15, 0.2) is 0 Å². The summed E-state index contributed by atoms with van der Waals surface area (Å²) >= 11 is 0. The fourth-order valence-electron chi connectivity index (χ4n) is 2.89. The van der Waals surface area contributed by atoms with Crippen molar-refractivity contribution in [2.75, 3.05) is 19.8 Å². The summed E-state index contributed by atoms with van der Waals surface area (Å²) in [5.74, 6) is 0. The molecule has 0 spiro atoms. The van der Waals surface area contributed by atoms with Crippen molar-refractivity contribution in [3.8, 4) is 0 Å². The van der Waals surface area contributed by atoms with Crippen molar-refractivity contribution in [2.24, 2.45) is 5.73 Å². The molecule has 2 aliphatic rings. The second-order valence-corrected chi connectivity index (χ2v) is 5.13. The highest BCUT2D eigenvalue weighted by molar-refractivity contribution is 4.95. The van der Waals surface area contributed by atoms with E-state index in [1.807, 2.05) is 0 Å². The summed E-state index contributed by atoms with van der Waals surface area (Å²) in [6.45, 7) is 7.58. The minimum Gasteiger partial charge on any atom is -0.379 e. The topological polar surface area (TPSA) is 38.5 Å². The van der Waals surface area contributed by atoms with Gasteiger partial charge in [-0.3, -0.25) is 4.90 Å². The molecule has 0 radical (unpaired) electrons. The molecule has 3 unspecified atom stereocenters. The fraction of sp³-hybridized carbons (Fsp3) is 1.00. The average molecular weight is 198 g/mol. The van der Waals surface area contributed by atoms with E-state index in [0.717, 1.165) is 32.6 Å². The monoisotopic (exact) mass is 198 g/mol. The lowest BCUT2D eigenvalue weighted by atomic mass is 9.90. The summed E-state index contributed by atoms with van der Waals surface area (Å²) in [6.07, 6.45) is 3.45. The first-order valence-electron chi connectivity index (χ1n) is 5.72. The van der Waals surface area contributed by atoms with Crippen LogP contribution in [0.15, 0.2) is 0 Å². The Bertz CT molecular complexity index is 201. The van der Waals surface area contributed by atoms with Crippen LogP contribution in [0, 0.1) is 0 Å². The summed E-state index contributed by atoms with van der Waals surface area (Å²) in [5.41, 5.74) is 6.25. The molecule has 0 amide bonds. The molecule has 2 rings (SSSR count). The van der Waals surface area contributed by atoms with Gasteiger partial charge in [0, 0.05) is 30.8 Å². The second kappa shape index (κ2) is 3.80. The number of hydrogen-bond acceptors (Lipinski definition) is 3. The molecule has 0 bridgehead atoms. The van der Waals surface area contributed by atoms with Gasteiger partial charge in [0.05, 0.1) is 6.61 Å². The van der Waals surface area contributed by atoms with E-state index in [-0.39, 0.29) is 5.54 Å². The summed E-state index contributed by atoms with van der Waals surface area (Å²) in [6, 6.07) is 1.03. The maximum atomic E-state index is 5.97. The number of hydrogen-bond donors (Lipinski definition) is 1. The van der Waals surface area contributed by atoms with Crippen LogP contribution in [0.4, 0.5) is 0 Å². The van der Waals surface area contributed by atoms with E-state index >= 15 is 0 Å². The lowest BCUT2D eigenvalue weighted by Crippen LogP contribution is -2.56. The van der Waals surface area contributed by atoms with Crippen LogP contribution >= 0.6 is 0 Å². The molecule has 0 saturated carbocycles. The zero-order valence-electron chi connectivity index (χ0n) is 9.33. The van der Waals surface area contributed by atoms with Gasteiger partial charge in [-0.2, -0.15) is 0 Å². The molecule has 3 nitrogen and oxygen atoms in total. The SMILES string of the molecule is CC1CC(N)CCN1C1(C)CCOC1. The standard InChI is InChI=1S/C11H22N2O/c1-9-7-10(12)3-5-13(9)11(2)4-6-14-8-11/h9-10H,3-8,12H2,1-2H3. The molecule has 3 heteroatoms. The number of piperidine rings is 1. The first-order valence-corrected chi connectivity index (χ1v) is 5.72. The number of nitrogens with zero attached hydrogens (tertiary/aromatic N) is 1. The zero-order valence-corrected chi connectivity index (χ0v) is 9.33. The van der Waals surface area contributed by atoms with Gasteiger partial charge in [-0.1, -0.05) is 0 Å². The molecule has 2 saturated heterocycles. The van der Waals surface area contributed by atoms with Gasteiger partial charge >= 0.3 is 0 Å². The number of rotatable bonds is 1. The highest BCUT2D eigenvalue weighted by atomic mass is 16.5. The maximum Gasteiger partial charge on any atom is 0.0648 e. The van der Waals surface area contributed by atoms with E-state index in [0.29, 0.717) is 12.1 Å². The molecule has 2 N–H and O–H groups in total. The maximum absolute atomic E-state index is 5.97. The molecule has 82 valence electrons. The van der Waals surface area contributed by atoms with Gasteiger partial charge in [-0.05, 0) is 33.1 Å². The summed E-state index contributed by atoms with van der Waals surface area (Å²) in [7, 11) is 0. The second-order valence-electron chi connectivity index (χ2n) is 5.13. The van der Waals surface area contributed by atoms with Crippen molar-refractivity contribution < 1.29 is 4.74 Å². The largest absolute Gasteiger partial charge is 0.379 e. The molecule has 0 aromatic rings. The number of nitrogens with two attached hydrogens (primary N) is 1. The van der Waals surface area contributed by atoms with Crippen molar-refractivity contribution >= 4 is 0 Å². The third kappa shape index (κ3) is 1.81. The molecule has 3 atom stereocenters. The van der Waals surface area contributed by atoms with E-state index in [9.17, 15) is 0 Å². The number of likely N-dealkylation sites (tertiary alicyclic amines) is 1. The van der Waals surface area contributed by atoms with Crippen LogP contribution in [-0.4, -0.2) is 42.3 Å². The van der Waals surface area contributed by atoms with Gasteiger partial charge in [0.25, 0.3) is 0 Å². The molecule has 2 heterocycles. The Balaban J connectivity index is 2.02. The molecule has 2 aliphatic heterocycles. The predicted octanol–water partition coefficient (Wildman–Crippen LogP) is 0.977.